The lowest BCUT2D eigenvalue weighted by molar-refractivity contribution is -0.146. The van der Waals surface area contributed by atoms with Crippen LogP contribution in [0.1, 0.15) is 36.9 Å². The second-order valence-electron chi connectivity index (χ2n) is 10.8. The van der Waals surface area contributed by atoms with Gasteiger partial charge in [0.2, 0.25) is 21.8 Å². The molecule has 1 aliphatic rings. The van der Waals surface area contributed by atoms with Gasteiger partial charge in [0.1, 0.15) is 10.9 Å². The highest BCUT2D eigenvalue weighted by Crippen LogP contribution is 2.26. The summed E-state index contributed by atoms with van der Waals surface area (Å²) in [4.78, 5) is 43.1. The van der Waals surface area contributed by atoms with E-state index in [1.165, 1.54) is 34.4 Å². The first-order chi connectivity index (χ1) is 19.9. The Bertz CT molecular complexity index is 1570. The van der Waals surface area contributed by atoms with Gasteiger partial charge in [-0.2, -0.15) is 0 Å². The number of nitrogens with zero attached hydrogens (tertiary/aromatic N) is 2. The number of amides is 3. The molecule has 0 radical (unpaired) electrons. The highest BCUT2D eigenvalue weighted by molar-refractivity contribution is 7.89. The molecule has 0 saturated carbocycles. The molecule has 1 fully saturated rings. The SMILES string of the molecule is CC(=N)CN(C(=O)CNS(=O)(=O)c1ccccc1Cl)C1CN(C(=O)C(CC(C)C)NC(=O)c2cc3ccccc3s2)C1. The molecular weight excluding hydrogens is 598 g/mol. The number of fused-ring (bicyclic) bond motifs is 1. The Kier molecular flexibility index (Phi) is 10.0. The van der Waals surface area contributed by atoms with Crippen LogP contribution in [-0.4, -0.2) is 79.9 Å². The zero-order valence-electron chi connectivity index (χ0n) is 23.6. The number of thiophene rings is 1. The molecule has 0 bridgehead atoms. The van der Waals surface area contributed by atoms with Crippen molar-refractivity contribution in [3.63, 3.8) is 0 Å². The Morgan fingerprint density at radius 2 is 1.79 bits per heavy atom. The highest BCUT2D eigenvalue weighted by atomic mass is 35.5. The maximum absolute atomic E-state index is 13.5. The topological polar surface area (TPSA) is 140 Å². The maximum atomic E-state index is 13.5. The number of nitrogens with one attached hydrogen (secondary N) is 3. The van der Waals surface area contributed by atoms with Gasteiger partial charge in [-0.1, -0.05) is 55.8 Å². The summed E-state index contributed by atoms with van der Waals surface area (Å²) < 4.78 is 28.7. The minimum Gasteiger partial charge on any atom is -0.340 e. The third-order valence-corrected chi connectivity index (χ3v) is 9.86. The van der Waals surface area contributed by atoms with Crippen molar-refractivity contribution in [1.29, 1.82) is 5.41 Å². The third kappa shape index (κ3) is 7.54. The molecule has 10 nitrogen and oxygen atoms in total. The Morgan fingerprint density at radius 1 is 1.12 bits per heavy atom. The van der Waals surface area contributed by atoms with Crippen molar-refractivity contribution in [3.8, 4) is 0 Å². The fraction of sp³-hybridized carbons (Fsp3) is 0.379. The Morgan fingerprint density at radius 3 is 2.43 bits per heavy atom. The fourth-order valence-electron chi connectivity index (χ4n) is 4.74. The van der Waals surface area contributed by atoms with Gasteiger partial charge in [0.25, 0.3) is 5.91 Å². The number of halogens is 1. The summed E-state index contributed by atoms with van der Waals surface area (Å²) in [5, 5.41) is 11.8. The molecule has 224 valence electrons. The molecule has 0 aliphatic carbocycles. The third-order valence-electron chi connectivity index (χ3n) is 6.84. The largest absolute Gasteiger partial charge is 0.340 e. The summed E-state index contributed by atoms with van der Waals surface area (Å²) in [6, 6.07) is 14.3. The standard InChI is InChI=1S/C29H34ClN5O5S2/c1-18(2)12-23(33-28(37)25-13-20-8-4-6-10-24(20)41-25)29(38)34-16-21(17-34)35(15-19(3)31)27(36)14-32-42(39,40)26-11-7-5-9-22(26)30/h4-11,13,18,21,23,31-32H,12,14-17H2,1-3H3,(H,33,37). The first-order valence-corrected chi connectivity index (χ1v) is 16.2. The van der Waals surface area contributed by atoms with E-state index in [4.69, 9.17) is 17.0 Å². The molecule has 0 spiro atoms. The van der Waals surface area contributed by atoms with Crippen LogP contribution in [0.25, 0.3) is 10.1 Å². The van der Waals surface area contributed by atoms with Crippen LogP contribution < -0.4 is 10.0 Å². The first-order valence-electron chi connectivity index (χ1n) is 13.5. The predicted molar refractivity (Wildman–Crippen MR) is 165 cm³/mol. The van der Waals surface area contributed by atoms with Gasteiger partial charge in [0.05, 0.1) is 29.0 Å². The summed E-state index contributed by atoms with van der Waals surface area (Å²) >= 11 is 7.39. The lowest BCUT2D eigenvalue weighted by atomic mass is 9.99. The van der Waals surface area contributed by atoms with E-state index in [9.17, 15) is 22.8 Å². The monoisotopic (exact) mass is 631 g/mol. The Balaban J connectivity index is 1.40. The number of benzene rings is 2. The van der Waals surface area contributed by atoms with Gasteiger partial charge in [-0.15, -0.1) is 11.3 Å². The molecule has 3 aromatic rings. The molecule has 3 N–H and O–H groups in total. The van der Waals surface area contributed by atoms with Gasteiger partial charge in [-0.3, -0.25) is 14.4 Å². The second kappa shape index (κ2) is 13.3. The molecule has 1 aliphatic heterocycles. The van der Waals surface area contributed by atoms with E-state index in [0.29, 0.717) is 11.3 Å². The number of hydrogen-bond acceptors (Lipinski definition) is 7. The Hall–Kier alpha value is -3.32. The molecule has 42 heavy (non-hydrogen) atoms. The first kappa shape index (κ1) is 31.6. The highest BCUT2D eigenvalue weighted by Gasteiger charge is 2.40. The normalized spacial score (nSPS) is 14.5. The van der Waals surface area contributed by atoms with Crippen molar-refractivity contribution < 1.29 is 22.8 Å². The number of hydrogen-bond donors (Lipinski definition) is 3. The number of sulfonamides is 1. The van der Waals surface area contributed by atoms with E-state index in [-0.39, 0.29) is 53.0 Å². The lowest BCUT2D eigenvalue weighted by Gasteiger charge is -2.46. The summed E-state index contributed by atoms with van der Waals surface area (Å²) in [5.74, 6) is -0.934. The fourth-order valence-corrected chi connectivity index (χ4v) is 7.20. The molecule has 1 saturated heterocycles. The quantitative estimate of drug-likeness (QED) is 0.261. The van der Waals surface area contributed by atoms with Crippen LogP contribution in [0.5, 0.6) is 0 Å². The predicted octanol–water partition coefficient (Wildman–Crippen LogP) is 3.76. The van der Waals surface area contributed by atoms with Crippen LogP contribution in [0.2, 0.25) is 5.02 Å². The van der Waals surface area contributed by atoms with Crippen LogP contribution >= 0.6 is 22.9 Å². The molecular formula is C29H34ClN5O5S2. The van der Waals surface area contributed by atoms with Crippen molar-refractivity contribution in [1.82, 2.24) is 19.8 Å². The van der Waals surface area contributed by atoms with Crippen LogP contribution in [0.4, 0.5) is 0 Å². The van der Waals surface area contributed by atoms with Gasteiger partial charge in [0.15, 0.2) is 0 Å². The number of rotatable bonds is 12. The second-order valence-corrected chi connectivity index (χ2v) is 14.0. The average Bonchev–Trinajstić information content (AvgIpc) is 3.34. The zero-order valence-corrected chi connectivity index (χ0v) is 26.0. The summed E-state index contributed by atoms with van der Waals surface area (Å²) in [6.07, 6.45) is 0.447. The maximum Gasteiger partial charge on any atom is 0.262 e. The lowest BCUT2D eigenvalue weighted by Crippen LogP contribution is -2.66. The van der Waals surface area contributed by atoms with Crippen molar-refractivity contribution in [2.45, 2.75) is 44.2 Å². The van der Waals surface area contributed by atoms with E-state index in [2.05, 4.69) is 10.0 Å². The van der Waals surface area contributed by atoms with E-state index >= 15 is 0 Å². The molecule has 1 unspecified atom stereocenters. The Labute approximate surface area is 254 Å². The van der Waals surface area contributed by atoms with Gasteiger partial charge in [-0.25, -0.2) is 13.1 Å². The number of carbonyl (C=O) groups excluding carboxylic acids is 3. The number of carbonyl (C=O) groups is 3. The van der Waals surface area contributed by atoms with Crippen molar-refractivity contribution in [2.24, 2.45) is 5.92 Å². The molecule has 1 aromatic heterocycles. The van der Waals surface area contributed by atoms with Gasteiger partial charge in [-0.05, 0) is 48.9 Å². The van der Waals surface area contributed by atoms with E-state index in [0.717, 1.165) is 10.1 Å². The van der Waals surface area contributed by atoms with Crippen molar-refractivity contribution in [3.05, 3.63) is 64.5 Å². The van der Waals surface area contributed by atoms with Crippen LogP contribution in [-0.2, 0) is 19.6 Å². The van der Waals surface area contributed by atoms with Crippen molar-refractivity contribution >= 4 is 66.5 Å². The summed E-state index contributed by atoms with van der Waals surface area (Å²) in [5.41, 5.74) is 0.218. The molecule has 1 atom stereocenters. The van der Waals surface area contributed by atoms with E-state index in [1.54, 1.807) is 17.9 Å². The smallest absolute Gasteiger partial charge is 0.262 e. The van der Waals surface area contributed by atoms with Crippen LogP contribution in [0.3, 0.4) is 0 Å². The van der Waals surface area contributed by atoms with Gasteiger partial charge >= 0.3 is 0 Å². The van der Waals surface area contributed by atoms with Gasteiger partial charge in [0, 0.05) is 23.5 Å². The molecule has 4 rings (SSSR count). The molecule has 13 heteroatoms. The minimum absolute atomic E-state index is 0.00253. The molecule has 2 aromatic carbocycles. The summed E-state index contributed by atoms with van der Waals surface area (Å²) in [7, 11) is -4.04. The zero-order chi connectivity index (χ0) is 30.6. The van der Waals surface area contributed by atoms with E-state index in [1.807, 2.05) is 44.2 Å². The average molecular weight is 632 g/mol. The van der Waals surface area contributed by atoms with E-state index < -0.39 is 34.6 Å². The molecule has 2 heterocycles. The van der Waals surface area contributed by atoms with Crippen LogP contribution in [0, 0.1) is 11.3 Å². The van der Waals surface area contributed by atoms with Crippen molar-refractivity contribution in [2.75, 3.05) is 26.2 Å². The number of likely N-dealkylation sites (tertiary alicyclic amines) is 1. The molecule has 3 amide bonds. The van der Waals surface area contributed by atoms with Gasteiger partial charge < -0.3 is 20.5 Å². The summed E-state index contributed by atoms with van der Waals surface area (Å²) in [6.45, 7) is 5.40. The van der Waals surface area contributed by atoms with Crippen LogP contribution in [0.15, 0.2) is 59.5 Å². The minimum atomic E-state index is -4.04.